The summed E-state index contributed by atoms with van der Waals surface area (Å²) in [6.45, 7) is 19.1. The van der Waals surface area contributed by atoms with Crippen molar-refractivity contribution in [1.29, 1.82) is 0 Å². The summed E-state index contributed by atoms with van der Waals surface area (Å²) in [5.74, 6) is 1.12. The Kier molecular flexibility index (Phi) is 32.0. The van der Waals surface area contributed by atoms with Crippen LogP contribution < -0.4 is 0 Å². The van der Waals surface area contributed by atoms with Crippen LogP contribution in [0.25, 0.3) is 0 Å². The van der Waals surface area contributed by atoms with Crippen molar-refractivity contribution in [1.82, 2.24) is 0 Å². The molecule has 0 amide bonds. The molecule has 2 heteroatoms. The molecule has 0 aliphatic heterocycles. The highest BCUT2D eigenvalue weighted by molar-refractivity contribution is 8.03. The van der Waals surface area contributed by atoms with Gasteiger partial charge in [0.1, 0.15) is 0 Å². The molecule has 0 atom stereocenters. The maximum Gasteiger partial charge on any atom is 0.0466 e. The quantitative estimate of drug-likeness (QED) is 0.385. The third-order valence-corrected chi connectivity index (χ3v) is 2.77. The molecule has 0 fully saturated rings. The minimum atomic E-state index is 0.821. The maximum absolute atomic E-state index is 5.25. The molecule has 108 valence electrons. The molecular weight excluding hydrogens is 240 g/mol. The first kappa shape index (κ1) is 22.7. The summed E-state index contributed by atoms with van der Waals surface area (Å²) in [6.07, 6.45) is 7.98. The lowest BCUT2D eigenvalue weighted by Gasteiger charge is -2.02. The van der Waals surface area contributed by atoms with E-state index in [2.05, 4.69) is 13.2 Å². The molecule has 0 heterocycles. The number of hydrogen-bond donors (Lipinski definition) is 0. The minimum absolute atomic E-state index is 0.821. The summed E-state index contributed by atoms with van der Waals surface area (Å²) in [4.78, 5) is 1.19. The van der Waals surface area contributed by atoms with Gasteiger partial charge in [0, 0.05) is 18.1 Å². The summed E-state index contributed by atoms with van der Waals surface area (Å²) in [5.41, 5.74) is 0. The van der Waals surface area contributed by atoms with E-state index in [9.17, 15) is 0 Å². The highest BCUT2D eigenvalue weighted by atomic mass is 32.2. The van der Waals surface area contributed by atoms with Crippen molar-refractivity contribution < 1.29 is 4.74 Å². The van der Waals surface area contributed by atoms with Crippen molar-refractivity contribution in [3.63, 3.8) is 0 Å². The van der Waals surface area contributed by atoms with Crippen LogP contribution in [0.1, 0.15) is 47.5 Å². The SMILES string of the molecule is C=C/C=C(\C=C)SCCCCOCC.CC.CC. The van der Waals surface area contributed by atoms with E-state index in [-0.39, 0.29) is 0 Å². The second-order valence-electron chi connectivity index (χ2n) is 2.76. The standard InChI is InChI=1S/C12H20OS.2C2H6/c1-4-9-12(5-2)14-11-8-7-10-13-6-3;2*1-2/h4-5,9H,1-2,6-8,10-11H2,3H3;2*1-2H3/b12-9+;;. The van der Waals surface area contributed by atoms with Crippen molar-refractivity contribution in [2.24, 2.45) is 0 Å². The summed E-state index contributed by atoms with van der Waals surface area (Å²) in [5, 5.41) is 0. The molecule has 0 N–H and O–H groups in total. The van der Waals surface area contributed by atoms with Gasteiger partial charge in [0.15, 0.2) is 0 Å². The van der Waals surface area contributed by atoms with Crippen molar-refractivity contribution in [3.8, 4) is 0 Å². The number of unbranched alkanes of at least 4 members (excludes halogenated alkanes) is 1. The smallest absolute Gasteiger partial charge is 0.0466 e. The fourth-order valence-electron chi connectivity index (χ4n) is 0.932. The van der Waals surface area contributed by atoms with Crippen molar-refractivity contribution in [2.45, 2.75) is 47.5 Å². The van der Waals surface area contributed by atoms with Gasteiger partial charge in [-0.15, -0.1) is 11.8 Å². The molecule has 0 rings (SSSR count). The molecule has 0 aromatic heterocycles. The van der Waals surface area contributed by atoms with Gasteiger partial charge in [0.2, 0.25) is 0 Å². The molecular formula is C16H32OS. The minimum Gasteiger partial charge on any atom is -0.382 e. The van der Waals surface area contributed by atoms with Crippen LogP contribution in [-0.4, -0.2) is 19.0 Å². The summed E-state index contributed by atoms with van der Waals surface area (Å²) in [6, 6.07) is 0. The average molecular weight is 272 g/mol. The molecule has 0 unspecified atom stereocenters. The Labute approximate surface area is 119 Å². The van der Waals surface area contributed by atoms with Gasteiger partial charge in [-0.1, -0.05) is 53.0 Å². The van der Waals surface area contributed by atoms with Crippen LogP contribution in [0.2, 0.25) is 0 Å². The third kappa shape index (κ3) is 20.9. The molecule has 18 heavy (non-hydrogen) atoms. The number of thioether (sulfide) groups is 1. The van der Waals surface area contributed by atoms with Gasteiger partial charge < -0.3 is 4.74 Å². The second-order valence-corrected chi connectivity index (χ2v) is 3.93. The molecule has 0 aliphatic rings. The Bertz CT molecular complexity index is 186. The zero-order valence-corrected chi connectivity index (χ0v) is 13.8. The van der Waals surface area contributed by atoms with Gasteiger partial charge in [-0.3, -0.25) is 0 Å². The molecule has 0 bridgehead atoms. The molecule has 0 aromatic rings. The fraction of sp³-hybridized carbons (Fsp3) is 0.625. The van der Waals surface area contributed by atoms with Gasteiger partial charge in [-0.2, -0.15) is 0 Å². The lowest BCUT2D eigenvalue weighted by atomic mass is 10.4. The van der Waals surface area contributed by atoms with Crippen molar-refractivity contribution in [2.75, 3.05) is 19.0 Å². The second kappa shape index (κ2) is 25.4. The monoisotopic (exact) mass is 272 g/mol. The Balaban J connectivity index is -0.000000506. The van der Waals surface area contributed by atoms with Crippen LogP contribution in [0.15, 0.2) is 36.3 Å². The molecule has 0 saturated carbocycles. The molecule has 0 aromatic carbocycles. The average Bonchev–Trinajstić information content (AvgIpc) is 2.45. The van der Waals surface area contributed by atoms with Gasteiger partial charge in [-0.25, -0.2) is 0 Å². The third-order valence-electron chi connectivity index (χ3n) is 1.64. The molecule has 0 spiro atoms. The highest BCUT2D eigenvalue weighted by Gasteiger charge is 1.92. The number of rotatable bonds is 9. The van der Waals surface area contributed by atoms with Crippen LogP contribution in [0, 0.1) is 0 Å². The van der Waals surface area contributed by atoms with E-state index in [1.807, 2.05) is 58.5 Å². The van der Waals surface area contributed by atoms with E-state index in [0.29, 0.717) is 0 Å². The zero-order chi connectivity index (χ0) is 14.6. The fourth-order valence-corrected chi connectivity index (χ4v) is 1.83. The normalized spacial score (nSPS) is 9.50. The van der Waals surface area contributed by atoms with E-state index in [0.717, 1.165) is 25.4 Å². The first-order valence-corrected chi connectivity index (χ1v) is 7.99. The van der Waals surface area contributed by atoms with E-state index < -0.39 is 0 Å². The van der Waals surface area contributed by atoms with Gasteiger partial charge in [0.25, 0.3) is 0 Å². The topological polar surface area (TPSA) is 9.23 Å². The highest BCUT2D eigenvalue weighted by Crippen LogP contribution is 2.17. The zero-order valence-electron chi connectivity index (χ0n) is 13.0. The van der Waals surface area contributed by atoms with Gasteiger partial charge in [0.05, 0.1) is 0 Å². The lowest BCUT2D eigenvalue weighted by molar-refractivity contribution is 0.144. The molecule has 1 nitrogen and oxygen atoms in total. The van der Waals surface area contributed by atoms with Crippen LogP contribution in [0.4, 0.5) is 0 Å². The Morgan fingerprint density at radius 1 is 1.11 bits per heavy atom. The Hall–Kier alpha value is -0.470. The van der Waals surface area contributed by atoms with Crippen LogP contribution in [0.3, 0.4) is 0 Å². The van der Waals surface area contributed by atoms with E-state index in [1.165, 1.54) is 11.3 Å². The molecule has 0 aliphatic carbocycles. The largest absolute Gasteiger partial charge is 0.382 e. The van der Waals surface area contributed by atoms with Crippen molar-refractivity contribution >= 4 is 11.8 Å². The predicted octanol–water partition coefficient (Wildman–Crippen LogP) is 5.84. The van der Waals surface area contributed by atoms with Gasteiger partial charge in [-0.05, 0) is 31.6 Å². The van der Waals surface area contributed by atoms with Crippen LogP contribution in [-0.2, 0) is 4.74 Å². The first-order chi connectivity index (χ1) is 8.85. The summed E-state index contributed by atoms with van der Waals surface area (Å²) in [7, 11) is 0. The first-order valence-electron chi connectivity index (χ1n) is 7.00. The lowest BCUT2D eigenvalue weighted by Crippen LogP contribution is -1.93. The number of hydrogen-bond acceptors (Lipinski definition) is 2. The summed E-state index contributed by atoms with van der Waals surface area (Å²) < 4.78 is 5.25. The van der Waals surface area contributed by atoms with E-state index in [4.69, 9.17) is 4.74 Å². The van der Waals surface area contributed by atoms with E-state index in [1.54, 1.807) is 6.08 Å². The molecule has 0 saturated heterocycles. The number of allylic oxidation sites excluding steroid dienone is 3. The number of ether oxygens (including phenoxy) is 1. The van der Waals surface area contributed by atoms with Crippen LogP contribution >= 0.6 is 11.8 Å². The van der Waals surface area contributed by atoms with Crippen LogP contribution in [0.5, 0.6) is 0 Å². The maximum atomic E-state index is 5.25. The predicted molar refractivity (Wildman–Crippen MR) is 89.4 cm³/mol. The van der Waals surface area contributed by atoms with E-state index >= 15 is 0 Å². The Morgan fingerprint density at radius 3 is 2.17 bits per heavy atom. The van der Waals surface area contributed by atoms with Gasteiger partial charge >= 0.3 is 0 Å². The Morgan fingerprint density at radius 2 is 1.72 bits per heavy atom. The summed E-state index contributed by atoms with van der Waals surface area (Å²) >= 11 is 1.82. The van der Waals surface area contributed by atoms with Crippen molar-refractivity contribution in [3.05, 3.63) is 36.3 Å². The molecule has 0 radical (unpaired) electrons.